The zero-order valence-corrected chi connectivity index (χ0v) is 17.7. The van der Waals surface area contributed by atoms with Gasteiger partial charge in [-0.15, -0.1) is 0 Å². The van der Waals surface area contributed by atoms with Crippen LogP contribution in [0.5, 0.6) is 0 Å². The number of carbonyl (C=O) groups is 2. The van der Waals surface area contributed by atoms with Crippen molar-refractivity contribution in [3.63, 3.8) is 0 Å². The first-order valence-corrected chi connectivity index (χ1v) is 10.8. The number of hydrogen-bond donors (Lipinski definition) is 3. The third-order valence-electron chi connectivity index (χ3n) is 6.01. The average Bonchev–Trinajstić information content (AvgIpc) is 2.80. The largest absolute Gasteiger partial charge is 0.477 e. The van der Waals surface area contributed by atoms with Crippen LogP contribution >= 0.6 is 0 Å². The van der Waals surface area contributed by atoms with E-state index >= 15 is 0 Å². The second kappa shape index (κ2) is 9.35. The maximum absolute atomic E-state index is 13.8. The number of halogens is 1. The Labute approximate surface area is 187 Å². The predicted octanol–water partition coefficient (Wildman–Crippen LogP) is 3.07. The molecule has 9 nitrogen and oxygen atoms in total. The molecule has 1 unspecified atom stereocenters. The standard InChI is InChI=1S/C23H23FN4O5/c24-14-9-10-16-15(12-14)21(30)28(23(33)26-16)18(11-13-5-2-1-3-6-13)20(29)27-19-8-4-7-17(25-19)22(31)32/h4,7-10,12-13,18H,1-3,5-6,11H2,(H,26,33)(H,31,32)(H,25,27,29). The van der Waals surface area contributed by atoms with Crippen molar-refractivity contribution in [1.29, 1.82) is 0 Å². The van der Waals surface area contributed by atoms with Gasteiger partial charge in [-0.2, -0.15) is 0 Å². The molecule has 1 saturated carbocycles. The van der Waals surface area contributed by atoms with Gasteiger partial charge in [0.25, 0.3) is 5.56 Å². The van der Waals surface area contributed by atoms with Crippen LogP contribution in [-0.4, -0.2) is 31.5 Å². The number of amides is 1. The average molecular weight is 454 g/mol. The molecule has 1 amide bonds. The van der Waals surface area contributed by atoms with Gasteiger partial charge < -0.3 is 15.4 Å². The summed E-state index contributed by atoms with van der Waals surface area (Å²) in [6, 6.07) is 6.42. The van der Waals surface area contributed by atoms with Crippen molar-refractivity contribution in [2.75, 3.05) is 5.32 Å². The summed E-state index contributed by atoms with van der Waals surface area (Å²) >= 11 is 0. The van der Waals surface area contributed by atoms with Crippen molar-refractivity contribution in [2.45, 2.75) is 44.6 Å². The molecule has 4 rings (SSSR count). The Hall–Kier alpha value is -3.82. The van der Waals surface area contributed by atoms with E-state index in [-0.39, 0.29) is 34.8 Å². The van der Waals surface area contributed by atoms with Crippen LogP contribution in [-0.2, 0) is 4.79 Å². The van der Waals surface area contributed by atoms with Crippen molar-refractivity contribution in [3.05, 3.63) is 68.7 Å². The Balaban J connectivity index is 1.76. The number of carboxylic acid groups (broad SMARTS) is 1. The lowest BCUT2D eigenvalue weighted by atomic mass is 9.84. The maximum Gasteiger partial charge on any atom is 0.354 e. The first kappa shape index (κ1) is 22.4. The van der Waals surface area contributed by atoms with Gasteiger partial charge in [0.2, 0.25) is 5.91 Å². The number of nitrogens with zero attached hydrogens (tertiary/aromatic N) is 2. The monoisotopic (exact) mass is 454 g/mol. The summed E-state index contributed by atoms with van der Waals surface area (Å²) in [5, 5.41) is 11.6. The maximum atomic E-state index is 13.8. The number of H-pyrrole nitrogens is 1. The van der Waals surface area contributed by atoms with E-state index in [0.717, 1.165) is 48.8 Å². The van der Waals surface area contributed by atoms with Gasteiger partial charge in [0.1, 0.15) is 17.7 Å². The SMILES string of the molecule is O=C(O)c1cccc(NC(=O)C(CC2CCCCC2)n2c(=O)[nH]c3ccc(F)cc3c2=O)n1. The van der Waals surface area contributed by atoms with Crippen LogP contribution in [0.2, 0.25) is 0 Å². The molecule has 0 saturated heterocycles. The number of carbonyl (C=O) groups excluding carboxylic acids is 1. The van der Waals surface area contributed by atoms with E-state index in [1.807, 2.05) is 0 Å². The summed E-state index contributed by atoms with van der Waals surface area (Å²) in [6.07, 6.45) is 5.06. The molecule has 10 heteroatoms. The van der Waals surface area contributed by atoms with Crippen LogP contribution in [0.25, 0.3) is 10.9 Å². The second-order valence-electron chi connectivity index (χ2n) is 8.25. The van der Waals surface area contributed by atoms with Crippen molar-refractivity contribution in [2.24, 2.45) is 5.92 Å². The molecule has 172 valence electrons. The summed E-state index contributed by atoms with van der Waals surface area (Å²) in [6.45, 7) is 0. The summed E-state index contributed by atoms with van der Waals surface area (Å²) in [7, 11) is 0. The number of aromatic carboxylic acids is 1. The fourth-order valence-corrected chi connectivity index (χ4v) is 4.38. The molecule has 3 N–H and O–H groups in total. The third-order valence-corrected chi connectivity index (χ3v) is 6.01. The summed E-state index contributed by atoms with van der Waals surface area (Å²) in [5.74, 6) is -2.44. The zero-order chi connectivity index (χ0) is 23.5. The van der Waals surface area contributed by atoms with Gasteiger partial charge in [-0.05, 0) is 42.7 Å². The fraction of sp³-hybridized carbons (Fsp3) is 0.348. The van der Waals surface area contributed by atoms with Crippen molar-refractivity contribution in [1.82, 2.24) is 14.5 Å². The van der Waals surface area contributed by atoms with Crippen LogP contribution in [0.3, 0.4) is 0 Å². The lowest BCUT2D eigenvalue weighted by Gasteiger charge is -2.26. The van der Waals surface area contributed by atoms with Crippen LogP contribution < -0.4 is 16.6 Å². The minimum atomic E-state index is -1.26. The minimum Gasteiger partial charge on any atom is -0.477 e. The number of pyridine rings is 1. The Bertz CT molecular complexity index is 1330. The molecule has 0 aliphatic heterocycles. The van der Waals surface area contributed by atoms with Crippen LogP contribution in [0, 0.1) is 11.7 Å². The van der Waals surface area contributed by atoms with E-state index in [1.54, 1.807) is 0 Å². The van der Waals surface area contributed by atoms with E-state index in [0.29, 0.717) is 0 Å². The molecule has 1 aliphatic carbocycles. The molecule has 0 radical (unpaired) electrons. The summed E-state index contributed by atoms with van der Waals surface area (Å²) in [5.41, 5.74) is -1.62. The summed E-state index contributed by atoms with van der Waals surface area (Å²) < 4.78 is 14.6. The quantitative estimate of drug-likeness (QED) is 0.524. The second-order valence-corrected chi connectivity index (χ2v) is 8.25. The number of hydrogen-bond acceptors (Lipinski definition) is 5. The summed E-state index contributed by atoms with van der Waals surface area (Å²) in [4.78, 5) is 57.0. The van der Waals surface area contributed by atoms with E-state index in [9.17, 15) is 23.6 Å². The van der Waals surface area contributed by atoms with Gasteiger partial charge in [-0.3, -0.25) is 9.59 Å². The Morgan fingerprint density at radius 2 is 1.94 bits per heavy atom. The Morgan fingerprint density at radius 1 is 1.18 bits per heavy atom. The van der Waals surface area contributed by atoms with Gasteiger partial charge in [-0.1, -0.05) is 38.2 Å². The Morgan fingerprint density at radius 3 is 2.67 bits per heavy atom. The van der Waals surface area contributed by atoms with Gasteiger partial charge in [0.05, 0.1) is 10.9 Å². The molecule has 1 aliphatic rings. The molecule has 1 atom stereocenters. The first-order chi connectivity index (χ1) is 15.8. The number of anilines is 1. The topological polar surface area (TPSA) is 134 Å². The van der Waals surface area contributed by atoms with Crippen molar-refractivity contribution in [3.8, 4) is 0 Å². The molecule has 1 fully saturated rings. The molecule has 3 aromatic rings. The normalized spacial score (nSPS) is 15.3. The van der Waals surface area contributed by atoms with E-state index in [4.69, 9.17) is 5.11 Å². The number of aromatic amines is 1. The minimum absolute atomic E-state index is 0.00939. The lowest BCUT2D eigenvalue weighted by molar-refractivity contribution is -0.120. The first-order valence-electron chi connectivity index (χ1n) is 10.8. The molecule has 2 aromatic heterocycles. The molecule has 1 aromatic carbocycles. The van der Waals surface area contributed by atoms with Crippen LogP contribution in [0.15, 0.2) is 46.0 Å². The number of carboxylic acids is 1. The third kappa shape index (κ3) is 4.84. The van der Waals surface area contributed by atoms with Gasteiger partial charge in [0, 0.05) is 0 Å². The molecular formula is C23H23FN4O5. The van der Waals surface area contributed by atoms with E-state index < -0.39 is 35.0 Å². The lowest BCUT2D eigenvalue weighted by Crippen LogP contribution is -2.43. The number of benzene rings is 1. The van der Waals surface area contributed by atoms with Crippen molar-refractivity contribution < 1.29 is 19.1 Å². The number of fused-ring (bicyclic) bond motifs is 1. The molecule has 33 heavy (non-hydrogen) atoms. The predicted molar refractivity (Wildman–Crippen MR) is 119 cm³/mol. The smallest absolute Gasteiger partial charge is 0.354 e. The number of nitrogens with one attached hydrogen (secondary N) is 2. The van der Waals surface area contributed by atoms with Crippen LogP contribution in [0.1, 0.15) is 55.1 Å². The molecule has 0 spiro atoms. The Kier molecular flexibility index (Phi) is 6.34. The van der Waals surface area contributed by atoms with Gasteiger partial charge in [0.15, 0.2) is 5.69 Å². The van der Waals surface area contributed by atoms with Crippen molar-refractivity contribution >= 4 is 28.6 Å². The highest BCUT2D eigenvalue weighted by molar-refractivity contribution is 5.94. The molecular weight excluding hydrogens is 431 g/mol. The number of aromatic nitrogens is 3. The van der Waals surface area contributed by atoms with Gasteiger partial charge in [-0.25, -0.2) is 23.5 Å². The molecule has 2 heterocycles. The van der Waals surface area contributed by atoms with E-state index in [1.165, 1.54) is 24.3 Å². The van der Waals surface area contributed by atoms with Crippen LogP contribution in [0.4, 0.5) is 10.2 Å². The highest BCUT2D eigenvalue weighted by atomic mass is 19.1. The number of rotatable bonds is 6. The zero-order valence-electron chi connectivity index (χ0n) is 17.7. The van der Waals surface area contributed by atoms with E-state index in [2.05, 4.69) is 15.3 Å². The highest BCUT2D eigenvalue weighted by Crippen LogP contribution is 2.30. The molecule has 0 bridgehead atoms. The fourth-order valence-electron chi connectivity index (χ4n) is 4.38. The van der Waals surface area contributed by atoms with Gasteiger partial charge >= 0.3 is 11.7 Å². The highest BCUT2D eigenvalue weighted by Gasteiger charge is 2.29.